The number of hydrogen-bond donors (Lipinski definition) is 1. The summed E-state index contributed by atoms with van der Waals surface area (Å²) in [6.07, 6.45) is 2.63. The van der Waals surface area contributed by atoms with Gasteiger partial charge < -0.3 is 5.11 Å². The summed E-state index contributed by atoms with van der Waals surface area (Å²) in [5.74, 6) is 0. The Morgan fingerprint density at radius 3 is 2.59 bits per heavy atom. The van der Waals surface area contributed by atoms with Gasteiger partial charge in [-0.15, -0.1) is 0 Å². The highest BCUT2D eigenvalue weighted by molar-refractivity contribution is 9.10. The molecule has 2 aromatic rings. The zero-order valence-corrected chi connectivity index (χ0v) is 11.3. The van der Waals surface area contributed by atoms with Crippen molar-refractivity contribution in [2.75, 3.05) is 0 Å². The van der Waals surface area contributed by atoms with Gasteiger partial charge in [-0.05, 0) is 24.1 Å². The molecule has 0 aliphatic heterocycles. The second-order valence-electron chi connectivity index (χ2n) is 3.91. The fourth-order valence-corrected chi connectivity index (χ4v) is 2.15. The first-order chi connectivity index (χ1) is 8.24. The van der Waals surface area contributed by atoms with Crippen LogP contribution in [-0.2, 0) is 19.6 Å². The van der Waals surface area contributed by atoms with Crippen molar-refractivity contribution in [3.8, 4) is 0 Å². The van der Waals surface area contributed by atoms with E-state index < -0.39 is 0 Å². The molecule has 90 valence electrons. The maximum atomic E-state index is 9.21. The molecule has 1 aromatic heterocycles. The molecule has 0 unspecified atom stereocenters. The Morgan fingerprint density at radius 1 is 1.29 bits per heavy atom. The van der Waals surface area contributed by atoms with Gasteiger partial charge in [0.1, 0.15) is 0 Å². The number of halogens is 1. The zero-order chi connectivity index (χ0) is 12.3. The maximum Gasteiger partial charge on any atom is 0.0715 e. The van der Waals surface area contributed by atoms with Crippen LogP contribution in [0.2, 0.25) is 0 Å². The van der Waals surface area contributed by atoms with Gasteiger partial charge in [0.25, 0.3) is 0 Å². The van der Waals surface area contributed by atoms with Crippen LogP contribution in [0.25, 0.3) is 0 Å². The molecule has 0 radical (unpaired) electrons. The van der Waals surface area contributed by atoms with Crippen molar-refractivity contribution in [1.29, 1.82) is 0 Å². The molecule has 4 heteroatoms. The topological polar surface area (TPSA) is 38.1 Å². The molecule has 0 aliphatic carbocycles. The second-order valence-corrected chi connectivity index (χ2v) is 4.83. The summed E-state index contributed by atoms with van der Waals surface area (Å²) < 4.78 is 3.03. The van der Waals surface area contributed by atoms with Crippen molar-refractivity contribution < 1.29 is 5.11 Å². The highest BCUT2D eigenvalue weighted by Crippen LogP contribution is 2.14. The van der Waals surface area contributed by atoms with E-state index >= 15 is 0 Å². The molecule has 0 atom stereocenters. The zero-order valence-electron chi connectivity index (χ0n) is 9.73. The van der Waals surface area contributed by atoms with Gasteiger partial charge in [0, 0.05) is 15.7 Å². The van der Waals surface area contributed by atoms with Gasteiger partial charge in [0.05, 0.1) is 19.3 Å². The Balaban J connectivity index is 2.23. The Morgan fingerprint density at radius 2 is 2.00 bits per heavy atom. The molecule has 0 bridgehead atoms. The summed E-state index contributed by atoms with van der Waals surface area (Å²) in [7, 11) is 0. The first kappa shape index (κ1) is 12.3. The van der Waals surface area contributed by atoms with Gasteiger partial charge in [-0.25, -0.2) is 0 Å². The minimum absolute atomic E-state index is 0.0590. The number of benzene rings is 1. The maximum absolute atomic E-state index is 9.21. The average molecular weight is 295 g/mol. The van der Waals surface area contributed by atoms with Crippen molar-refractivity contribution in [3.63, 3.8) is 0 Å². The molecule has 0 saturated heterocycles. The summed E-state index contributed by atoms with van der Waals surface area (Å²) in [6, 6.07) is 8.20. The van der Waals surface area contributed by atoms with E-state index in [9.17, 15) is 5.11 Å². The molecule has 1 N–H and O–H groups in total. The summed E-state index contributed by atoms with van der Waals surface area (Å²) in [4.78, 5) is 0. The number of rotatable bonds is 4. The van der Waals surface area contributed by atoms with Crippen LogP contribution in [0.3, 0.4) is 0 Å². The van der Waals surface area contributed by atoms with Crippen LogP contribution in [0.5, 0.6) is 0 Å². The van der Waals surface area contributed by atoms with Gasteiger partial charge in [-0.3, -0.25) is 4.68 Å². The Bertz CT molecular complexity index is 491. The highest BCUT2D eigenvalue weighted by atomic mass is 79.9. The van der Waals surface area contributed by atoms with E-state index in [-0.39, 0.29) is 6.61 Å². The molecular weight excluding hydrogens is 280 g/mol. The summed E-state index contributed by atoms with van der Waals surface area (Å²) in [5, 5.41) is 13.5. The molecule has 0 saturated carbocycles. The molecule has 1 heterocycles. The molecule has 2 rings (SSSR count). The van der Waals surface area contributed by atoms with E-state index in [1.165, 1.54) is 5.56 Å². The van der Waals surface area contributed by atoms with Gasteiger partial charge in [-0.1, -0.05) is 35.0 Å². The van der Waals surface area contributed by atoms with Crippen molar-refractivity contribution in [2.45, 2.75) is 26.5 Å². The Kier molecular flexibility index (Phi) is 3.97. The van der Waals surface area contributed by atoms with E-state index in [0.717, 1.165) is 28.7 Å². The summed E-state index contributed by atoms with van der Waals surface area (Å²) >= 11 is 3.42. The van der Waals surface area contributed by atoms with Crippen LogP contribution in [0.4, 0.5) is 0 Å². The smallest absolute Gasteiger partial charge is 0.0715 e. The predicted molar refractivity (Wildman–Crippen MR) is 70.8 cm³/mol. The van der Waals surface area contributed by atoms with E-state index in [2.05, 4.69) is 40.1 Å². The van der Waals surface area contributed by atoms with Crippen LogP contribution in [0.15, 0.2) is 34.9 Å². The monoisotopic (exact) mass is 294 g/mol. The first-order valence-electron chi connectivity index (χ1n) is 5.63. The summed E-state index contributed by atoms with van der Waals surface area (Å²) in [6.45, 7) is 2.88. The lowest BCUT2D eigenvalue weighted by atomic mass is 10.2. The molecular formula is C13H15BrN2O. The van der Waals surface area contributed by atoms with Gasteiger partial charge in [0.15, 0.2) is 0 Å². The fraction of sp³-hybridized carbons (Fsp3) is 0.308. The van der Waals surface area contributed by atoms with Crippen LogP contribution in [0, 0.1) is 0 Å². The van der Waals surface area contributed by atoms with Crippen LogP contribution in [-0.4, -0.2) is 14.9 Å². The number of nitrogens with zero attached hydrogens (tertiary/aromatic N) is 2. The number of aliphatic hydroxyl groups excluding tert-OH is 1. The Hall–Kier alpha value is -1.13. The van der Waals surface area contributed by atoms with Crippen LogP contribution < -0.4 is 0 Å². The van der Waals surface area contributed by atoms with Gasteiger partial charge in [-0.2, -0.15) is 5.10 Å². The van der Waals surface area contributed by atoms with E-state index in [4.69, 9.17) is 0 Å². The first-order valence-corrected chi connectivity index (χ1v) is 6.42. The molecule has 0 spiro atoms. The normalized spacial score (nSPS) is 10.8. The lowest BCUT2D eigenvalue weighted by molar-refractivity contribution is 0.280. The third kappa shape index (κ3) is 2.76. The lowest BCUT2D eigenvalue weighted by Gasteiger charge is -2.07. The minimum Gasteiger partial charge on any atom is -0.392 e. The SMILES string of the molecule is CCc1c(CO)cnn1Cc1ccc(Br)cc1. The quantitative estimate of drug-likeness (QED) is 0.942. The van der Waals surface area contributed by atoms with Crippen molar-refractivity contribution in [1.82, 2.24) is 9.78 Å². The molecule has 0 amide bonds. The van der Waals surface area contributed by atoms with Gasteiger partial charge in [0.2, 0.25) is 0 Å². The predicted octanol–water partition coefficient (Wildman–Crippen LogP) is 2.75. The van der Waals surface area contributed by atoms with Crippen molar-refractivity contribution in [3.05, 3.63) is 51.8 Å². The Labute approximate surface area is 109 Å². The van der Waals surface area contributed by atoms with E-state index in [0.29, 0.717) is 0 Å². The molecule has 0 fully saturated rings. The second kappa shape index (κ2) is 5.47. The number of aliphatic hydroxyl groups is 1. The van der Waals surface area contributed by atoms with Gasteiger partial charge >= 0.3 is 0 Å². The average Bonchev–Trinajstić information content (AvgIpc) is 2.74. The molecule has 3 nitrogen and oxygen atoms in total. The molecule has 1 aromatic carbocycles. The number of aromatic nitrogens is 2. The van der Waals surface area contributed by atoms with Crippen LogP contribution >= 0.6 is 15.9 Å². The standard InChI is InChI=1S/C13H15BrN2O/c1-2-13-11(9-17)7-15-16(13)8-10-3-5-12(14)6-4-10/h3-7,17H,2,8-9H2,1H3. The molecule has 0 aliphatic rings. The fourth-order valence-electron chi connectivity index (χ4n) is 1.89. The van der Waals surface area contributed by atoms with Crippen LogP contribution in [0.1, 0.15) is 23.7 Å². The molecule has 17 heavy (non-hydrogen) atoms. The van der Waals surface area contributed by atoms with Crippen molar-refractivity contribution >= 4 is 15.9 Å². The lowest BCUT2D eigenvalue weighted by Crippen LogP contribution is -2.06. The minimum atomic E-state index is 0.0590. The largest absolute Gasteiger partial charge is 0.392 e. The third-order valence-electron chi connectivity index (χ3n) is 2.79. The van der Waals surface area contributed by atoms with E-state index in [1.807, 2.05) is 16.8 Å². The summed E-state index contributed by atoms with van der Waals surface area (Å²) in [5.41, 5.74) is 3.23. The van der Waals surface area contributed by atoms with E-state index in [1.54, 1.807) is 6.20 Å². The third-order valence-corrected chi connectivity index (χ3v) is 3.31. The van der Waals surface area contributed by atoms with Crippen molar-refractivity contribution in [2.24, 2.45) is 0 Å². The number of hydrogen-bond acceptors (Lipinski definition) is 2. The highest BCUT2D eigenvalue weighted by Gasteiger charge is 2.08.